The first-order chi connectivity index (χ1) is 8.88. The molecule has 0 aromatic heterocycles. The third kappa shape index (κ3) is 5.92. The van der Waals surface area contributed by atoms with E-state index in [1.807, 2.05) is 18.2 Å². The van der Waals surface area contributed by atoms with Gasteiger partial charge in [-0.1, -0.05) is 31.9 Å². The third-order valence-electron chi connectivity index (χ3n) is 2.80. The molecule has 0 fully saturated rings. The first kappa shape index (κ1) is 14.8. The van der Waals surface area contributed by atoms with Crippen LogP contribution < -0.4 is 15.8 Å². The highest BCUT2D eigenvalue weighted by atomic mass is 16.5. The second-order valence-electron chi connectivity index (χ2n) is 4.47. The smallest absolute Gasteiger partial charge is 0.142 e. The van der Waals surface area contributed by atoms with Crippen LogP contribution >= 0.6 is 0 Å². The fourth-order valence-corrected chi connectivity index (χ4v) is 1.80. The number of hydrogen-bond acceptors (Lipinski definition) is 3. The van der Waals surface area contributed by atoms with Gasteiger partial charge in [-0.3, -0.25) is 0 Å². The highest BCUT2D eigenvalue weighted by Crippen LogP contribution is 2.23. The molecular weight excluding hydrogens is 224 g/mol. The summed E-state index contributed by atoms with van der Waals surface area (Å²) >= 11 is 0. The zero-order valence-corrected chi connectivity index (χ0v) is 11.5. The minimum absolute atomic E-state index is 0.773. The summed E-state index contributed by atoms with van der Waals surface area (Å²) in [5.74, 6) is 0.960. The van der Waals surface area contributed by atoms with Crippen molar-refractivity contribution in [3.8, 4) is 5.75 Å². The van der Waals surface area contributed by atoms with Crippen LogP contribution in [0.5, 0.6) is 5.75 Å². The van der Waals surface area contributed by atoms with Gasteiger partial charge in [-0.15, -0.1) is 0 Å². The van der Waals surface area contributed by atoms with Gasteiger partial charge >= 0.3 is 0 Å². The van der Waals surface area contributed by atoms with Gasteiger partial charge < -0.3 is 15.8 Å². The number of benzene rings is 1. The zero-order chi connectivity index (χ0) is 13.1. The van der Waals surface area contributed by atoms with Gasteiger partial charge in [0.2, 0.25) is 0 Å². The lowest BCUT2D eigenvalue weighted by molar-refractivity contribution is 0.319. The molecule has 1 aromatic carbocycles. The van der Waals surface area contributed by atoms with Gasteiger partial charge in [-0.2, -0.15) is 0 Å². The lowest BCUT2D eigenvalue weighted by Gasteiger charge is -2.12. The van der Waals surface area contributed by atoms with Crippen LogP contribution in [0, 0.1) is 0 Å². The molecule has 0 unspecified atom stereocenters. The van der Waals surface area contributed by atoms with E-state index in [-0.39, 0.29) is 0 Å². The highest BCUT2D eigenvalue weighted by Gasteiger charge is 2.01. The Morgan fingerprint density at radius 3 is 2.67 bits per heavy atom. The predicted molar refractivity (Wildman–Crippen MR) is 78.2 cm³/mol. The normalized spacial score (nSPS) is 10.3. The maximum Gasteiger partial charge on any atom is 0.142 e. The zero-order valence-electron chi connectivity index (χ0n) is 11.5. The largest absolute Gasteiger partial charge is 0.491 e. The van der Waals surface area contributed by atoms with E-state index in [1.54, 1.807) is 0 Å². The predicted octanol–water partition coefficient (Wildman–Crippen LogP) is 3.41. The minimum atomic E-state index is 0.773. The molecular formula is C15H26N2O. The number of hydrogen-bond donors (Lipinski definition) is 2. The van der Waals surface area contributed by atoms with E-state index in [4.69, 9.17) is 10.5 Å². The van der Waals surface area contributed by atoms with Crippen molar-refractivity contribution in [1.29, 1.82) is 0 Å². The average Bonchev–Trinajstić information content (AvgIpc) is 2.41. The lowest BCUT2D eigenvalue weighted by Crippen LogP contribution is -2.05. The van der Waals surface area contributed by atoms with Crippen molar-refractivity contribution in [3.05, 3.63) is 24.3 Å². The van der Waals surface area contributed by atoms with Crippen LogP contribution in [0.2, 0.25) is 0 Å². The van der Waals surface area contributed by atoms with Gasteiger partial charge in [0.15, 0.2) is 0 Å². The van der Waals surface area contributed by atoms with Crippen molar-refractivity contribution in [2.75, 3.05) is 25.0 Å². The fraction of sp³-hybridized carbons (Fsp3) is 0.600. The number of anilines is 1. The molecule has 0 saturated carbocycles. The monoisotopic (exact) mass is 250 g/mol. The lowest BCUT2D eigenvalue weighted by atomic mass is 10.2. The summed E-state index contributed by atoms with van der Waals surface area (Å²) in [5, 5.41) is 3.44. The van der Waals surface area contributed by atoms with Gasteiger partial charge in [-0.05, 0) is 37.9 Å². The van der Waals surface area contributed by atoms with Gasteiger partial charge in [0.05, 0.1) is 12.3 Å². The molecule has 0 heterocycles. The Kier molecular flexibility index (Phi) is 8.06. The average molecular weight is 250 g/mol. The summed E-state index contributed by atoms with van der Waals surface area (Å²) in [6.07, 6.45) is 5.82. The number of nitrogens with one attached hydrogen (secondary N) is 1. The molecule has 0 bridgehead atoms. The van der Waals surface area contributed by atoms with Crippen LogP contribution in [0.1, 0.15) is 39.0 Å². The van der Waals surface area contributed by atoms with Gasteiger partial charge in [-0.25, -0.2) is 0 Å². The first-order valence-corrected chi connectivity index (χ1v) is 7.04. The molecule has 3 nitrogen and oxygen atoms in total. The van der Waals surface area contributed by atoms with Crippen LogP contribution in [0.3, 0.4) is 0 Å². The van der Waals surface area contributed by atoms with Crippen molar-refractivity contribution in [2.45, 2.75) is 39.0 Å². The van der Waals surface area contributed by atoms with E-state index in [1.165, 1.54) is 19.3 Å². The van der Waals surface area contributed by atoms with Crippen LogP contribution in [-0.2, 0) is 0 Å². The maximum atomic E-state index is 5.70. The van der Waals surface area contributed by atoms with Crippen molar-refractivity contribution in [2.24, 2.45) is 5.73 Å². The quantitative estimate of drug-likeness (QED) is 0.626. The summed E-state index contributed by atoms with van der Waals surface area (Å²) in [6.45, 7) is 4.70. The van der Waals surface area contributed by atoms with Crippen molar-refractivity contribution < 1.29 is 4.74 Å². The molecule has 0 saturated heterocycles. The maximum absolute atomic E-state index is 5.70. The number of rotatable bonds is 10. The second kappa shape index (κ2) is 9.77. The SMILES string of the molecule is CCCOc1ccccc1NCCCCCCN. The molecule has 0 aliphatic rings. The van der Waals surface area contributed by atoms with Crippen molar-refractivity contribution in [3.63, 3.8) is 0 Å². The number of para-hydroxylation sites is 2. The summed E-state index contributed by atoms with van der Waals surface area (Å²) in [7, 11) is 0. The Morgan fingerprint density at radius 2 is 1.89 bits per heavy atom. The van der Waals surface area contributed by atoms with Gasteiger partial charge in [0.1, 0.15) is 5.75 Å². The molecule has 0 aliphatic heterocycles. The van der Waals surface area contributed by atoms with E-state index in [0.29, 0.717) is 0 Å². The molecule has 0 atom stereocenters. The molecule has 1 rings (SSSR count). The van der Waals surface area contributed by atoms with Crippen molar-refractivity contribution in [1.82, 2.24) is 0 Å². The van der Waals surface area contributed by atoms with E-state index < -0.39 is 0 Å². The molecule has 0 aliphatic carbocycles. The van der Waals surface area contributed by atoms with Crippen LogP contribution in [0.15, 0.2) is 24.3 Å². The highest BCUT2D eigenvalue weighted by molar-refractivity contribution is 5.56. The van der Waals surface area contributed by atoms with Crippen molar-refractivity contribution >= 4 is 5.69 Å². The molecule has 0 radical (unpaired) electrons. The molecule has 0 spiro atoms. The topological polar surface area (TPSA) is 47.3 Å². The molecule has 3 heteroatoms. The number of nitrogens with two attached hydrogens (primary N) is 1. The molecule has 3 N–H and O–H groups in total. The van der Waals surface area contributed by atoms with E-state index >= 15 is 0 Å². The molecule has 102 valence electrons. The van der Waals surface area contributed by atoms with Gasteiger partial charge in [0.25, 0.3) is 0 Å². The van der Waals surface area contributed by atoms with E-state index in [0.717, 1.165) is 44.0 Å². The van der Waals surface area contributed by atoms with E-state index in [9.17, 15) is 0 Å². The fourth-order valence-electron chi connectivity index (χ4n) is 1.80. The molecule has 18 heavy (non-hydrogen) atoms. The number of unbranched alkanes of at least 4 members (excludes halogenated alkanes) is 3. The standard InChI is InChI=1S/C15H26N2O/c1-2-13-18-15-10-6-5-9-14(15)17-12-8-4-3-7-11-16/h5-6,9-10,17H,2-4,7-8,11-13,16H2,1H3. The summed E-state index contributed by atoms with van der Waals surface area (Å²) in [6, 6.07) is 8.14. The summed E-state index contributed by atoms with van der Waals surface area (Å²) < 4.78 is 5.70. The Morgan fingerprint density at radius 1 is 1.11 bits per heavy atom. The third-order valence-corrected chi connectivity index (χ3v) is 2.80. The molecule has 0 amide bonds. The Hall–Kier alpha value is -1.22. The second-order valence-corrected chi connectivity index (χ2v) is 4.47. The van der Waals surface area contributed by atoms with Crippen LogP contribution in [0.4, 0.5) is 5.69 Å². The van der Waals surface area contributed by atoms with Crippen LogP contribution in [0.25, 0.3) is 0 Å². The van der Waals surface area contributed by atoms with Crippen LogP contribution in [-0.4, -0.2) is 19.7 Å². The number of ether oxygens (including phenoxy) is 1. The Bertz CT molecular complexity index is 315. The molecule has 1 aromatic rings. The minimum Gasteiger partial charge on any atom is -0.491 e. The Balaban J connectivity index is 2.27. The van der Waals surface area contributed by atoms with Gasteiger partial charge in [0, 0.05) is 6.54 Å². The Labute approximate surface area is 111 Å². The summed E-state index contributed by atoms with van der Waals surface area (Å²) in [5.41, 5.74) is 6.57. The summed E-state index contributed by atoms with van der Waals surface area (Å²) in [4.78, 5) is 0. The first-order valence-electron chi connectivity index (χ1n) is 7.04. The van der Waals surface area contributed by atoms with E-state index in [2.05, 4.69) is 18.3 Å².